The van der Waals surface area contributed by atoms with E-state index >= 15 is 0 Å². The van der Waals surface area contributed by atoms with Crippen molar-refractivity contribution < 1.29 is 13.2 Å². The standard InChI is InChI=1S/C12H17NO3S/c1-16-10-4-3-9(8-12(13)5-6-12)7-11(10)17(2,14)15/h3-4,7H,5-6,8,13H2,1-2H3. The molecule has 17 heavy (non-hydrogen) atoms. The minimum Gasteiger partial charge on any atom is -0.495 e. The van der Waals surface area contributed by atoms with E-state index in [9.17, 15) is 8.42 Å². The highest BCUT2D eigenvalue weighted by atomic mass is 32.2. The third-order valence-electron chi connectivity index (χ3n) is 3.08. The molecule has 1 aliphatic carbocycles. The lowest BCUT2D eigenvalue weighted by Gasteiger charge is -2.12. The summed E-state index contributed by atoms with van der Waals surface area (Å²) in [5.41, 5.74) is 6.86. The molecule has 0 saturated heterocycles. The van der Waals surface area contributed by atoms with Crippen LogP contribution in [0.25, 0.3) is 0 Å². The van der Waals surface area contributed by atoms with Crippen LogP contribution in [0.15, 0.2) is 23.1 Å². The summed E-state index contributed by atoms with van der Waals surface area (Å²) in [5.74, 6) is 0.387. The fraction of sp³-hybridized carbons (Fsp3) is 0.500. The molecule has 1 saturated carbocycles. The fourth-order valence-electron chi connectivity index (χ4n) is 1.86. The fourth-order valence-corrected chi connectivity index (χ4v) is 2.75. The maximum Gasteiger partial charge on any atom is 0.179 e. The van der Waals surface area contributed by atoms with Crippen LogP contribution in [0.4, 0.5) is 0 Å². The molecular weight excluding hydrogens is 238 g/mol. The Hall–Kier alpha value is -1.07. The average Bonchev–Trinajstić information content (AvgIpc) is 2.95. The van der Waals surface area contributed by atoms with E-state index in [0.717, 1.165) is 24.8 Å². The highest BCUT2D eigenvalue weighted by molar-refractivity contribution is 7.90. The number of hydrogen-bond donors (Lipinski definition) is 1. The van der Waals surface area contributed by atoms with E-state index in [2.05, 4.69) is 0 Å². The van der Waals surface area contributed by atoms with Gasteiger partial charge < -0.3 is 10.5 Å². The predicted molar refractivity (Wildman–Crippen MR) is 66.0 cm³/mol. The van der Waals surface area contributed by atoms with Gasteiger partial charge in [0.25, 0.3) is 0 Å². The molecule has 0 bridgehead atoms. The molecule has 0 spiro atoms. The molecule has 0 heterocycles. The van der Waals surface area contributed by atoms with E-state index in [1.807, 2.05) is 6.07 Å². The van der Waals surface area contributed by atoms with Crippen LogP contribution in [0.1, 0.15) is 18.4 Å². The first-order valence-electron chi connectivity index (χ1n) is 5.50. The number of rotatable bonds is 4. The van der Waals surface area contributed by atoms with Crippen molar-refractivity contribution >= 4 is 9.84 Å². The van der Waals surface area contributed by atoms with Crippen LogP contribution in [0, 0.1) is 0 Å². The lowest BCUT2D eigenvalue weighted by atomic mass is 10.1. The molecule has 1 aliphatic rings. The topological polar surface area (TPSA) is 69.4 Å². The predicted octanol–water partition coefficient (Wildman–Crippen LogP) is 1.13. The van der Waals surface area contributed by atoms with E-state index in [1.165, 1.54) is 13.4 Å². The van der Waals surface area contributed by atoms with Gasteiger partial charge in [-0.15, -0.1) is 0 Å². The molecule has 2 rings (SSSR count). The van der Waals surface area contributed by atoms with Gasteiger partial charge in [-0.1, -0.05) is 6.07 Å². The first kappa shape index (κ1) is 12.4. The summed E-state index contributed by atoms with van der Waals surface area (Å²) in [4.78, 5) is 0.238. The molecule has 1 fully saturated rings. The van der Waals surface area contributed by atoms with Crippen molar-refractivity contribution in [2.75, 3.05) is 13.4 Å². The zero-order valence-electron chi connectivity index (χ0n) is 10.1. The van der Waals surface area contributed by atoms with Crippen LogP contribution in [-0.4, -0.2) is 27.3 Å². The highest BCUT2D eigenvalue weighted by Crippen LogP contribution is 2.36. The number of sulfone groups is 1. The quantitative estimate of drug-likeness (QED) is 0.875. The molecule has 4 nitrogen and oxygen atoms in total. The van der Waals surface area contributed by atoms with Crippen molar-refractivity contribution in [2.45, 2.75) is 29.7 Å². The molecule has 0 aromatic heterocycles. The number of methoxy groups -OCH3 is 1. The molecule has 0 atom stereocenters. The summed E-state index contributed by atoms with van der Waals surface area (Å²) in [7, 11) is -1.80. The van der Waals surface area contributed by atoms with E-state index in [-0.39, 0.29) is 10.4 Å². The Morgan fingerprint density at radius 2 is 2.06 bits per heavy atom. The summed E-state index contributed by atoms with van der Waals surface area (Å²) in [6.45, 7) is 0. The van der Waals surface area contributed by atoms with Crippen molar-refractivity contribution in [2.24, 2.45) is 5.73 Å². The molecule has 0 amide bonds. The number of benzene rings is 1. The normalized spacial score (nSPS) is 17.8. The monoisotopic (exact) mass is 255 g/mol. The molecule has 94 valence electrons. The van der Waals surface area contributed by atoms with Crippen LogP contribution in [0.5, 0.6) is 5.75 Å². The van der Waals surface area contributed by atoms with Gasteiger partial charge in [0.05, 0.1) is 7.11 Å². The first-order chi connectivity index (χ1) is 7.84. The van der Waals surface area contributed by atoms with Gasteiger partial charge in [-0.3, -0.25) is 0 Å². The Morgan fingerprint density at radius 1 is 1.41 bits per heavy atom. The van der Waals surface area contributed by atoms with Gasteiger partial charge >= 0.3 is 0 Å². The zero-order chi connectivity index (χ0) is 12.7. The Morgan fingerprint density at radius 3 is 2.53 bits per heavy atom. The molecular formula is C12H17NO3S. The van der Waals surface area contributed by atoms with Crippen molar-refractivity contribution in [3.8, 4) is 5.75 Å². The summed E-state index contributed by atoms with van der Waals surface area (Å²) in [6, 6.07) is 5.24. The highest BCUT2D eigenvalue weighted by Gasteiger charge is 2.38. The average molecular weight is 255 g/mol. The minimum absolute atomic E-state index is 0.122. The SMILES string of the molecule is COc1ccc(CC2(N)CC2)cc1S(C)(=O)=O. The smallest absolute Gasteiger partial charge is 0.179 e. The number of nitrogens with two attached hydrogens (primary N) is 1. The van der Waals surface area contributed by atoms with Gasteiger partial charge in [0.2, 0.25) is 0 Å². The van der Waals surface area contributed by atoms with E-state index in [4.69, 9.17) is 10.5 Å². The van der Waals surface area contributed by atoms with Crippen LogP contribution >= 0.6 is 0 Å². The van der Waals surface area contributed by atoms with Gasteiger partial charge in [-0.25, -0.2) is 8.42 Å². The number of hydrogen-bond acceptors (Lipinski definition) is 4. The number of ether oxygens (including phenoxy) is 1. The van der Waals surface area contributed by atoms with Gasteiger partial charge in [-0.05, 0) is 37.0 Å². The summed E-state index contributed by atoms with van der Waals surface area (Å²) < 4.78 is 28.3. The van der Waals surface area contributed by atoms with Gasteiger partial charge in [0.15, 0.2) is 9.84 Å². The third kappa shape index (κ3) is 2.79. The van der Waals surface area contributed by atoms with E-state index in [1.54, 1.807) is 12.1 Å². The van der Waals surface area contributed by atoms with Crippen LogP contribution in [-0.2, 0) is 16.3 Å². The molecule has 1 aromatic carbocycles. The van der Waals surface area contributed by atoms with Gasteiger partial charge in [0.1, 0.15) is 10.6 Å². The van der Waals surface area contributed by atoms with Crippen molar-refractivity contribution in [1.29, 1.82) is 0 Å². The summed E-state index contributed by atoms with van der Waals surface area (Å²) in [5, 5.41) is 0. The Kier molecular flexibility index (Phi) is 2.91. The first-order valence-corrected chi connectivity index (χ1v) is 7.39. The van der Waals surface area contributed by atoms with E-state index in [0.29, 0.717) is 5.75 Å². The molecule has 1 aromatic rings. The van der Waals surface area contributed by atoms with Crippen LogP contribution < -0.4 is 10.5 Å². The second-order valence-electron chi connectivity index (χ2n) is 4.80. The van der Waals surface area contributed by atoms with Crippen LogP contribution in [0.2, 0.25) is 0 Å². The second kappa shape index (κ2) is 3.99. The molecule has 5 heteroatoms. The summed E-state index contributed by atoms with van der Waals surface area (Å²) in [6.07, 6.45) is 3.92. The van der Waals surface area contributed by atoms with E-state index < -0.39 is 9.84 Å². The van der Waals surface area contributed by atoms with Gasteiger partial charge in [0, 0.05) is 11.8 Å². The Balaban J connectivity index is 2.38. The van der Waals surface area contributed by atoms with Gasteiger partial charge in [-0.2, -0.15) is 0 Å². The zero-order valence-corrected chi connectivity index (χ0v) is 10.9. The molecule has 0 aliphatic heterocycles. The maximum atomic E-state index is 11.6. The minimum atomic E-state index is -3.27. The Labute approximate surface area is 102 Å². The van der Waals surface area contributed by atoms with Crippen molar-refractivity contribution in [3.63, 3.8) is 0 Å². The van der Waals surface area contributed by atoms with Crippen LogP contribution in [0.3, 0.4) is 0 Å². The Bertz CT molecular complexity index is 533. The van der Waals surface area contributed by atoms with Crippen molar-refractivity contribution in [3.05, 3.63) is 23.8 Å². The molecule has 0 unspecified atom stereocenters. The third-order valence-corrected chi connectivity index (χ3v) is 4.19. The molecule has 2 N–H and O–H groups in total. The summed E-state index contributed by atoms with van der Waals surface area (Å²) >= 11 is 0. The second-order valence-corrected chi connectivity index (χ2v) is 6.78. The molecule has 0 radical (unpaired) electrons. The lowest BCUT2D eigenvalue weighted by molar-refractivity contribution is 0.402. The largest absolute Gasteiger partial charge is 0.495 e. The van der Waals surface area contributed by atoms with Crippen molar-refractivity contribution in [1.82, 2.24) is 0 Å². The maximum absolute atomic E-state index is 11.6. The lowest BCUT2D eigenvalue weighted by Crippen LogP contribution is -2.24.